The fraction of sp³-hybridized carbons (Fsp3) is 0.833. The van der Waals surface area contributed by atoms with Gasteiger partial charge < -0.3 is 4.90 Å². The Morgan fingerprint density at radius 1 is 1.13 bits per heavy atom. The molecule has 3 nitrogen and oxygen atoms in total. The molecule has 1 amide bonds. The molecule has 0 bridgehead atoms. The van der Waals surface area contributed by atoms with Gasteiger partial charge in [0, 0.05) is 13.1 Å². The minimum Gasteiger partial charge on any atom is -0.342 e. The van der Waals surface area contributed by atoms with Crippen LogP contribution >= 0.6 is 0 Å². The summed E-state index contributed by atoms with van der Waals surface area (Å²) in [7, 11) is 1.78. The van der Waals surface area contributed by atoms with Crippen molar-refractivity contribution in [2.45, 2.75) is 40.7 Å². The maximum absolute atomic E-state index is 12.0. The number of rotatable bonds is 4. The van der Waals surface area contributed by atoms with Gasteiger partial charge in [0.1, 0.15) is 5.92 Å². The van der Waals surface area contributed by atoms with Crippen molar-refractivity contribution >= 4 is 5.91 Å². The number of hydrogen-bond acceptors (Lipinski definition) is 2. The van der Waals surface area contributed by atoms with Crippen molar-refractivity contribution in [2.75, 3.05) is 7.05 Å². The summed E-state index contributed by atoms with van der Waals surface area (Å²) in [5, 5.41) is 8.94. The number of hydrogen-bond donors (Lipinski definition) is 0. The predicted octanol–water partition coefficient (Wildman–Crippen LogP) is 2.29. The molecule has 0 aromatic heterocycles. The second-order valence-electron chi connectivity index (χ2n) is 4.78. The van der Waals surface area contributed by atoms with Gasteiger partial charge in [-0.25, -0.2) is 0 Å². The molecule has 2 unspecified atom stereocenters. The van der Waals surface area contributed by atoms with Gasteiger partial charge in [-0.15, -0.1) is 0 Å². The Morgan fingerprint density at radius 3 is 1.87 bits per heavy atom. The van der Waals surface area contributed by atoms with Gasteiger partial charge in [0.25, 0.3) is 0 Å². The van der Waals surface area contributed by atoms with Crippen LogP contribution in [0.5, 0.6) is 0 Å². The highest BCUT2D eigenvalue weighted by Crippen LogP contribution is 2.16. The lowest BCUT2D eigenvalue weighted by Crippen LogP contribution is -2.42. The lowest BCUT2D eigenvalue weighted by Gasteiger charge is -2.30. The first-order valence-corrected chi connectivity index (χ1v) is 5.49. The van der Waals surface area contributed by atoms with Gasteiger partial charge in [0.2, 0.25) is 5.91 Å². The molecule has 0 saturated heterocycles. The maximum Gasteiger partial charge on any atom is 0.240 e. The molecule has 0 N–H and O–H groups in total. The first-order valence-electron chi connectivity index (χ1n) is 5.49. The molecule has 0 fully saturated rings. The summed E-state index contributed by atoms with van der Waals surface area (Å²) in [6.07, 6.45) is 0. The van der Waals surface area contributed by atoms with E-state index in [1.807, 2.05) is 20.8 Å². The van der Waals surface area contributed by atoms with E-state index in [0.717, 1.165) is 0 Å². The highest BCUT2D eigenvalue weighted by molar-refractivity contribution is 5.81. The minimum atomic E-state index is -0.517. The molecule has 0 aromatic rings. The molecule has 0 rings (SSSR count). The van der Waals surface area contributed by atoms with Crippen molar-refractivity contribution in [1.29, 1.82) is 5.26 Å². The molecule has 0 aliphatic carbocycles. The third-order valence-corrected chi connectivity index (χ3v) is 3.00. The molecule has 0 radical (unpaired) electrons. The quantitative estimate of drug-likeness (QED) is 0.714. The van der Waals surface area contributed by atoms with Gasteiger partial charge in [0.15, 0.2) is 0 Å². The standard InChI is InChI=1S/C12H22N2O/c1-8(2)10(5)14(6)12(15)11(7-13)9(3)4/h8-11H,1-6H3. The Balaban J connectivity index is 4.64. The molecule has 0 saturated carbocycles. The van der Waals surface area contributed by atoms with E-state index in [1.54, 1.807) is 11.9 Å². The summed E-state index contributed by atoms with van der Waals surface area (Å²) < 4.78 is 0. The van der Waals surface area contributed by atoms with Crippen LogP contribution in [0.2, 0.25) is 0 Å². The zero-order valence-electron chi connectivity index (χ0n) is 10.6. The van der Waals surface area contributed by atoms with E-state index in [9.17, 15) is 4.79 Å². The van der Waals surface area contributed by atoms with Crippen LogP contribution in [0.4, 0.5) is 0 Å². The monoisotopic (exact) mass is 210 g/mol. The molecule has 15 heavy (non-hydrogen) atoms. The molecule has 3 heteroatoms. The van der Waals surface area contributed by atoms with E-state index in [1.165, 1.54) is 0 Å². The zero-order chi connectivity index (χ0) is 12.2. The molecule has 0 aliphatic rings. The predicted molar refractivity (Wildman–Crippen MR) is 61.0 cm³/mol. The van der Waals surface area contributed by atoms with Crippen molar-refractivity contribution in [1.82, 2.24) is 4.90 Å². The minimum absolute atomic E-state index is 0.0614. The van der Waals surface area contributed by atoms with Crippen LogP contribution in [-0.4, -0.2) is 23.9 Å². The van der Waals surface area contributed by atoms with E-state index in [2.05, 4.69) is 19.9 Å². The summed E-state index contributed by atoms with van der Waals surface area (Å²) in [4.78, 5) is 13.7. The second kappa shape index (κ2) is 5.75. The smallest absolute Gasteiger partial charge is 0.240 e. The lowest BCUT2D eigenvalue weighted by atomic mass is 9.94. The van der Waals surface area contributed by atoms with E-state index in [-0.39, 0.29) is 17.9 Å². The molecular weight excluding hydrogens is 188 g/mol. The number of carbonyl (C=O) groups is 1. The normalized spacial score (nSPS) is 14.9. The summed E-state index contributed by atoms with van der Waals surface area (Å²) in [5.41, 5.74) is 0. The average Bonchev–Trinajstić information content (AvgIpc) is 2.15. The zero-order valence-corrected chi connectivity index (χ0v) is 10.6. The third-order valence-electron chi connectivity index (χ3n) is 3.00. The summed E-state index contributed by atoms with van der Waals surface area (Å²) in [5.74, 6) is -0.0975. The number of amides is 1. The topological polar surface area (TPSA) is 44.1 Å². The van der Waals surface area contributed by atoms with Crippen LogP contribution in [0.15, 0.2) is 0 Å². The fourth-order valence-electron chi connectivity index (χ4n) is 1.36. The lowest BCUT2D eigenvalue weighted by molar-refractivity contribution is -0.136. The van der Waals surface area contributed by atoms with Crippen molar-refractivity contribution in [3.8, 4) is 6.07 Å². The van der Waals surface area contributed by atoms with Crippen molar-refractivity contribution in [3.05, 3.63) is 0 Å². The second-order valence-corrected chi connectivity index (χ2v) is 4.78. The number of nitrogens with zero attached hydrogens (tertiary/aromatic N) is 2. The Hall–Kier alpha value is -1.04. The van der Waals surface area contributed by atoms with Crippen LogP contribution in [0.3, 0.4) is 0 Å². The molecule has 0 aliphatic heterocycles. The molecule has 0 spiro atoms. The largest absolute Gasteiger partial charge is 0.342 e. The van der Waals surface area contributed by atoms with Crippen molar-refractivity contribution in [2.24, 2.45) is 17.8 Å². The maximum atomic E-state index is 12.0. The van der Waals surface area contributed by atoms with Crippen LogP contribution in [0.25, 0.3) is 0 Å². The Kier molecular flexibility index (Phi) is 5.35. The first-order chi connectivity index (χ1) is 6.82. The summed E-state index contributed by atoms with van der Waals surface area (Å²) in [6.45, 7) is 9.97. The van der Waals surface area contributed by atoms with Crippen molar-refractivity contribution in [3.63, 3.8) is 0 Å². The SMILES string of the molecule is CC(C)C(C#N)C(=O)N(C)C(C)C(C)C. The van der Waals surface area contributed by atoms with E-state index < -0.39 is 5.92 Å². The van der Waals surface area contributed by atoms with Crippen LogP contribution < -0.4 is 0 Å². The van der Waals surface area contributed by atoms with Gasteiger partial charge in [0.05, 0.1) is 6.07 Å². The Morgan fingerprint density at radius 2 is 1.60 bits per heavy atom. The highest BCUT2D eigenvalue weighted by Gasteiger charge is 2.28. The van der Waals surface area contributed by atoms with Gasteiger partial charge in [-0.2, -0.15) is 5.26 Å². The number of carbonyl (C=O) groups excluding carboxylic acids is 1. The summed E-state index contributed by atoms with van der Waals surface area (Å²) >= 11 is 0. The first kappa shape index (κ1) is 14.0. The average molecular weight is 210 g/mol. The van der Waals surface area contributed by atoms with E-state index in [4.69, 9.17) is 5.26 Å². The molecule has 2 atom stereocenters. The van der Waals surface area contributed by atoms with Gasteiger partial charge in [-0.3, -0.25) is 4.79 Å². The van der Waals surface area contributed by atoms with Gasteiger partial charge in [-0.1, -0.05) is 27.7 Å². The Bertz CT molecular complexity index is 253. The van der Waals surface area contributed by atoms with E-state index in [0.29, 0.717) is 5.92 Å². The van der Waals surface area contributed by atoms with Crippen LogP contribution in [0.1, 0.15) is 34.6 Å². The van der Waals surface area contributed by atoms with E-state index >= 15 is 0 Å². The highest BCUT2D eigenvalue weighted by atomic mass is 16.2. The summed E-state index contributed by atoms with van der Waals surface area (Å²) in [6, 6.07) is 2.26. The number of nitriles is 1. The van der Waals surface area contributed by atoms with Gasteiger partial charge in [-0.05, 0) is 18.8 Å². The van der Waals surface area contributed by atoms with Gasteiger partial charge >= 0.3 is 0 Å². The van der Waals surface area contributed by atoms with Crippen LogP contribution in [-0.2, 0) is 4.79 Å². The third kappa shape index (κ3) is 3.54. The molecule has 0 heterocycles. The molecule has 0 aromatic carbocycles. The Labute approximate surface area is 93.1 Å². The van der Waals surface area contributed by atoms with Crippen LogP contribution in [0, 0.1) is 29.1 Å². The molecular formula is C12H22N2O. The van der Waals surface area contributed by atoms with Crippen molar-refractivity contribution < 1.29 is 4.79 Å². The molecule has 86 valence electrons. The fourth-order valence-corrected chi connectivity index (χ4v) is 1.36.